The van der Waals surface area contributed by atoms with Crippen LogP contribution in [0.25, 0.3) is 0 Å². The van der Waals surface area contributed by atoms with E-state index < -0.39 is 5.82 Å². The van der Waals surface area contributed by atoms with Gasteiger partial charge in [-0.3, -0.25) is 5.32 Å². The number of aliphatic imine (C=N–C) groups is 1. The van der Waals surface area contributed by atoms with Crippen LogP contribution >= 0.6 is 0 Å². The standard InChI is InChI=1S/C8H6FN3/c9-7-3-1-2-4-8(7)12-6-11-5-10/h1-4,6H,(H,11,12). The Hall–Kier alpha value is -1.89. The highest BCUT2D eigenvalue weighted by atomic mass is 19.1. The van der Waals surface area contributed by atoms with Gasteiger partial charge in [-0.25, -0.2) is 9.38 Å². The Morgan fingerprint density at radius 1 is 1.50 bits per heavy atom. The third kappa shape index (κ3) is 2.06. The highest BCUT2D eigenvalue weighted by Crippen LogP contribution is 2.14. The van der Waals surface area contributed by atoms with Crippen molar-refractivity contribution in [3.63, 3.8) is 0 Å². The van der Waals surface area contributed by atoms with Gasteiger partial charge in [0.15, 0.2) is 6.19 Å². The molecule has 0 aliphatic rings. The van der Waals surface area contributed by atoms with E-state index in [2.05, 4.69) is 10.3 Å². The number of hydrogen-bond donors (Lipinski definition) is 1. The first-order chi connectivity index (χ1) is 5.84. The van der Waals surface area contributed by atoms with Gasteiger partial charge in [-0.05, 0) is 12.1 Å². The van der Waals surface area contributed by atoms with Crippen LogP contribution < -0.4 is 5.32 Å². The van der Waals surface area contributed by atoms with Crippen LogP contribution in [0.3, 0.4) is 0 Å². The molecule has 0 aliphatic carbocycles. The van der Waals surface area contributed by atoms with E-state index in [-0.39, 0.29) is 5.69 Å². The van der Waals surface area contributed by atoms with Crippen molar-refractivity contribution in [2.24, 2.45) is 4.99 Å². The third-order valence-corrected chi connectivity index (χ3v) is 1.19. The lowest BCUT2D eigenvalue weighted by molar-refractivity contribution is 0.630. The fourth-order valence-electron chi connectivity index (χ4n) is 0.687. The van der Waals surface area contributed by atoms with Crippen LogP contribution in [-0.4, -0.2) is 6.34 Å². The van der Waals surface area contributed by atoms with Gasteiger partial charge in [-0.2, -0.15) is 5.26 Å². The van der Waals surface area contributed by atoms with Crippen LogP contribution in [0, 0.1) is 17.3 Å². The van der Waals surface area contributed by atoms with Gasteiger partial charge >= 0.3 is 0 Å². The van der Waals surface area contributed by atoms with Crippen LogP contribution in [0.2, 0.25) is 0 Å². The van der Waals surface area contributed by atoms with E-state index in [1.807, 2.05) is 0 Å². The molecule has 3 nitrogen and oxygen atoms in total. The summed E-state index contributed by atoms with van der Waals surface area (Å²) < 4.78 is 12.8. The van der Waals surface area contributed by atoms with Gasteiger partial charge in [0.1, 0.15) is 17.8 Å². The summed E-state index contributed by atoms with van der Waals surface area (Å²) in [4.78, 5) is 3.66. The molecule has 12 heavy (non-hydrogen) atoms. The Bertz CT molecular complexity index is 327. The van der Waals surface area contributed by atoms with Gasteiger partial charge < -0.3 is 0 Å². The van der Waals surface area contributed by atoms with E-state index >= 15 is 0 Å². The second-order valence-electron chi connectivity index (χ2n) is 1.97. The van der Waals surface area contributed by atoms with Crippen LogP contribution in [0.15, 0.2) is 29.3 Å². The summed E-state index contributed by atoms with van der Waals surface area (Å²) >= 11 is 0. The van der Waals surface area contributed by atoms with Gasteiger partial charge in [0, 0.05) is 0 Å². The maximum absolute atomic E-state index is 12.8. The zero-order valence-electron chi connectivity index (χ0n) is 6.16. The smallest absolute Gasteiger partial charge is 0.182 e. The van der Waals surface area contributed by atoms with E-state index in [0.717, 1.165) is 6.34 Å². The van der Waals surface area contributed by atoms with E-state index in [1.54, 1.807) is 18.3 Å². The zero-order chi connectivity index (χ0) is 8.81. The minimum Gasteiger partial charge on any atom is -0.283 e. The van der Waals surface area contributed by atoms with E-state index in [9.17, 15) is 4.39 Å². The Labute approximate surface area is 69.2 Å². The summed E-state index contributed by atoms with van der Waals surface area (Å²) in [6.45, 7) is 0. The molecular formula is C8H6FN3. The van der Waals surface area contributed by atoms with Crippen molar-refractivity contribution in [2.75, 3.05) is 0 Å². The quantitative estimate of drug-likeness (QED) is 0.311. The maximum atomic E-state index is 12.8. The summed E-state index contributed by atoms with van der Waals surface area (Å²) in [6, 6.07) is 6.07. The molecule has 0 saturated carbocycles. The molecule has 0 amide bonds. The lowest BCUT2D eigenvalue weighted by Crippen LogP contribution is -1.99. The molecule has 0 unspecified atom stereocenters. The van der Waals surface area contributed by atoms with E-state index in [1.165, 1.54) is 12.1 Å². The lowest BCUT2D eigenvalue weighted by atomic mass is 10.3. The summed E-state index contributed by atoms with van der Waals surface area (Å²) in [6.07, 6.45) is 2.77. The largest absolute Gasteiger partial charge is 0.283 e. The van der Waals surface area contributed by atoms with Crippen LogP contribution in [0.5, 0.6) is 0 Å². The average molecular weight is 163 g/mol. The first-order valence-electron chi connectivity index (χ1n) is 3.26. The molecule has 0 bridgehead atoms. The van der Waals surface area contributed by atoms with Gasteiger partial charge in [-0.1, -0.05) is 12.1 Å². The highest BCUT2D eigenvalue weighted by Gasteiger charge is 1.94. The molecule has 1 rings (SSSR count). The molecule has 0 atom stereocenters. The van der Waals surface area contributed by atoms with Crippen molar-refractivity contribution < 1.29 is 4.39 Å². The second-order valence-corrected chi connectivity index (χ2v) is 1.97. The number of benzene rings is 1. The lowest BCUT2D eigenvalue weighted by Gasteiger charge is -1.92. The molecule has 0 saturated heterocycles. The molecule has 0 aromatic heterocycles. The van der Waals surface area contributed by atoms with Crippen molar-refractivity contribution in [3.8, 4) is 6.19 Å². The van der Waals surface area contributed by atoms with Crippen LogP contribution in [0.4, 0.5) is 10.1 Å². The first kappa shape index (κ1) is 8.21. The number of halogens is 1. The van der Waals surface area contributed by atoms with Gasteiger partial charge in [0.25, 0.3) is 0 Å². The van der Waals surface area contributed by atoms with Crippen LogP contribution in [-0.2, 0) is 0 Å². The number of hydrogen-bond acceptors (Lipinski definition) is 2. The normalized spacial score (nSPS) is 9.67. The molecule has 0 heterocycles. The molecule has 4 heteroatoms. The molecule has 1 aromatic carbocycles. The molecule has 0 aliphatic heterocycles. The first-order valence-corrected chi connectivity index (χ1v) is 3.26. The highest BCUT2D eigenvalue weighted by molar-refractivity contribution is 5.62. The Morgan fingerprint density at radius 2 is 2.25 bits per heavy atom. The minimum atomic E-state index is -0.409. The summed E-state index contributed by atoms with van der Waals surface area (Å²) in [5, 5.41) is 10.2. The van der Waals surface area contributed by atoms with Crippen molar-refractivity contribution in [2.45, 2.75) is 0 Å². The van der Waals surface area contributed by atoms with Gasteiger partial charge in [-0.15, -0.1) is 0 Å². The SMILES string of the molecule is N#CNC=Nc1ccccc1F. The average Bonchev–Trinajstić information content (AvgIpc) is 2.09. The van der Waals surface area contributed by atoms with E-state index in [4.69, 9.17) is 5.26 Å². The third-order valence-electron chi connectivity index (χ3n) is 1.19. The molecule has 60 valence electrons. The maximum Gasteiger partial charge on any atom is 0.182 e. The number of rotatable bonds is 2. The zero-order valence-corrected chi connectivity index (χ0v) is 6.16. The topological polar surface area (TPSA) is 48.2 Å². The number of nitriles is 1. The summed E-state index contributed by atoms with van der Waals surface area (Å²) in [5.74, 6) is -0.409. The monoisotopic (exact) mass is 163 g/mol. The fraction of sp³-hybridized carbons (Fsp3) is 0. The Kier molecular flexibility index (Phi) is 2.79. The van der Waals surface area contributed by atoms with E-state index in [0.29, 0.717) is 0 Å². The van der Waals surface area contributed by atoms with Crippen LogP contribution in [0.1, 0.15) is 0 Å². The Morgan fingerprint density at radius 3 is 2.92 bits per heavy atom. The Balaban J connectivity index is 2.77. The van der Waals surface area contributed by atoms with Crippen molar-refractivity contribution in [1.82, 2.24) is 5.32 Å². The molecule has 0 radical (unpaired) electrons. The van der Waals surface area contributed by atoms with Crippen molar-refractivity contribution in [1.29, 1.82) is 5.26 Å². The summed E-state index contributed by atoms with van der Waals surface area (Å²) in [5.41, 5.74) is 0.209. The molecule has 1 aromatic rings. The number of para-hydroxylation sites is 1. The molecular weight excluding hydrogens is 157 g/mol. The second kappa shape index (κ2) is 4.09. The van der Waals surface area contributed by atoms with Gasteiger partial charge in [0.05, 0.1) is 0 Å². The number of nitrogens with one attached hydrogen (secondary N) is 1. The predicted molar refractivity (Wildman–Crippen MR) is 43.3 cm³/mol. The van der Waals surface area contributed by atoms with Crippen molar-refractivity contribution >= 4 is 12.0 Å². The predicted octanol–water partition coefficient (Wildman–Crippen LogP) is 1.56. The number of nitrogens with zero attached hydrogens (tertiary/aromatic N) is 2. The molecule has 0 spiro atoms. The van der Waals surface area contributed by atoms with Gasteiger partial charge in [0.2, 0.25) is 0 Å². The fourth-order valence-corrected chi connectivity index (χ4v) is 0.687. The molecule has 0 fully saturated rings. The minimum absolute atomic E-state index is 0.209. The summed E-state index contributed by atoms with van der Waals surface area (Å²) in [7, 11) is 0. The van der Waals surface area contributed by atoms with Crippen molar-refractivity contribution in [3.05, 3.63) is 30.1 Å². The molecule has 1 N–H and O–H groups in total.